The third-order valence-electron chi connectivity index (χ3n) is 4.48. The molecule has 0 saturated heterocycles. The molecule has 2 N–H and O–H groups in total. The molecule has 0 amide bonds. The van der Waals surface area contributed by atoms with Crippen LogP contribution in [-0.4, -0.2) is 36.9 Å². The molecule has 0 aliphatic carbocycles. The van der Waals surface area contributed by atoms with Crippen molar-refractivity contribution in [3.63, 3.8) is 0 Å². The van der Waals surface area contributed by atoms with Crippen LogP contribution < -0.4 is 10.5 Å². The maximum atomic E-state index is 14.1. The summed E-state index contributed by atoms with van der Waals surface area (Å²) in [6.45, 7) is 4.54. The standard InChI is InChI=1S/C20H24FN3O3/c1-4-10-26-18-12(2)27-16-8-7-13(14-6-5-9-23-19(14)21)11-15(16)17(18)24-20(22)25-3/h5-9,11-12,17-18H,4,10H2,1-3H3,(H2,22,24)/t12-,17?,18?/m0/s1. The second-order valence-corrected chi connectivity index (χ2v) is 6.37. The van der Waals surface area contributed by atoms with Gasteiger partial charge in [0, 0.05) is 23.9 Å². The number of methoxy groups -OCH3 is 1. The normalized spacial score (nSPS) is 22.1. The monoisotopic (exact) mass is 373 g/mol. The Bertz CT molecular complexity index is 828. The molecule has 144 valence electrons. The zero-order chi connectivity index (χ0) is 19.4. The van der Waals surface area contributed by atoms with E-state index < -0.39 is 12.0 Å². The Hall–Kier alpha value is -2.67. The lowest BCUT2D eigenvalue weighted by Gasteiger charge is -2.36. The first-order valence-corrected chi connectivity index (χ1v) is 8.95. The Kier molecular flexibility index (Phi) is 5.91. The number of aromatic nitrogens is 1. The van der Waals surface area contributed by atoms with Crippen LogP contribution in [-0.2, 0) is 9.47 Å². The molecule has 0 bridgehead atoms. The number of amidine groups is 1. The topological polar surface area (TPSA) is 79.0 Å². The molecular weight excluding hydrogens is 349 g/mol. The van der Waals surface area contributed by atoms with Gasteiger partial charge in [-0.05, 0) is 43.2 Å². The Morgan fingerprint density at radius 2 is 2.19 bits per heavy atom. The average Bonchev–Trinajstić information content (AvgIpc) is 2.67. The summed E-state index contributed by atoms with van der Waals surface area (Å²) in [6.07, 6.45) is 1.74. The van der Waals surface area contributed by atoms with Gasteiger partial charge in [0.05, 0.1) is 7.11 Å². The summed E-state index contributed by atoms with van der Waals surface area (Å²) in [4.78, 5) is 8.22. The van der Waals surface area contributed by atoms with Crippen molar-refractivity contribution in [1.29, 1.82) is 0 Å². The van der Waals surface area contributed by atoms with E-state index in [2.05, 4.69) is 9.98 Å². The molecule has 3 atom stereocenters. The number of fused-ring (bicyclic) bond motifs is 1. The minimum Gasteiger partial charge on any atom is -0.488 e. The maximum absolute atomic E-state index is 14.1. The van der Waals surface area contributed by atoms with Crippen molar-refractivity contribution in [3.8, 4) is 16.9 Å². The number of benzene rings is 1. The molecule has 1 aliphatic rings. The SMILES string of the molecule is CCCOC1C(N=C(N)OC)c2cc(-c3cccnc3F)ccc2O[C@H]1C. The molecule has 0 spiro atoms. The van der Waals surface area contributed by atoms with E-state index in [1.807, 2.05) is 26.0 Å². The highest BCUT2D eigenvalue weighted by Crippen LogP contribution is 2.41. The number of hydrogen-bond donors (Lipinski definition) is 1. The van der Waals surface area contributed by atoms with Crippen LogP contribution >= 0.6 is 0 Å². The summed E-state index contributed by atoms with van der Waals surface area (Å²) < 4.78 is 31.2. The van der Waals surface area contributed by atoms with Crippen LogP contribution in [0, 0.1) is 5.95 Å². The largest absolute Gasteiger partial charge is 0.488 e. The van der Waals surface area contributed by atoms with Gasteiger partial charge in [-0.25, -0.2) is 9.98 Å². The van der Waals surface area contributed by atoms with Gasteiger partial charge in [-0.2, -0.15) is 4.39 Å². The van der Waals surface area contributed by atoms with Crippen molar-refractivity contribution in [2.75, 3.05) is 13.7 Å². The highest BCUT2D eigenvalue weighted by atomic mass is 19.1. The predicted octanol–water partition coefficient (Wildman–Crippen LogP) is 3.47. The minimum absolute atomic E-state index is 0.0584. The zero-order valence-corrected chi connectivity index (χ0v) is 15.7. The van der Waals surface area contributed by atoms with Gasteiger partial charge in [0.1, 0.15) is 24.0 Å². The van der Waals surface area contributed by atoms with Crippen LogP contribution in [0.3, 0.4) is 0 Å². The van der Waals surface area contributed by atoms with Crippen LogP contribution in [0.5, 0.6) is 5.75 Å². The average molecular weight is 373 g/mol. The third kappa shape index (κ3) is 4.03. The molecule has 0 radical (unpaired) electrons. The van der Waals surface area contributed by atoms with Gasteiger partial charge >= 0.3 is 0 Å². The number of pyridine rings is 1. The molecule has 1 aromatic carbocycles. The molecule has 0 saturated carbocycles. The number of rotatable bonds is 5. The molecule has 2 unspecified atom stereocenters. The second kappa shape index (κ2) is 8.35. The second-order valence-electron chi connectivity index (χ2n) is 6.37. The van der Waals surface area contributed by atoms with Crippen LogP contribution in [0.15, 0.2) is 41.5 Å². The van der Waals surface area contributed by atoms with Crippen LogP contribution in [0.25, 0.3) is 11.1 Å². The van der Waals surface area contributed by atoms with Crippen LogP contribution in [0.1, 0.15) is 31.9 Å². The first-order valence-electron chi connectivity index (χ1n) is 8.95. The van der Waals surface area contributed by atoms with Crippen LogP contribution in [0.4, 0.5) is 4.39 Å². The maximum Gasteiger partial charge on any atom is 0.282 e. The molecular formula is C20H24FN3O3. The van der Waals surface area contributed by atoms with Gasteiger partial charge in [-0.15, -0.1) is 0 Å². The van der Waals surface area contributed by atoms with Crippen molar-refractivity contribution in [1.82, 2.24) is 4.98 Å². The fraction of sp³-hybridized carbons (Fsp3) is 0.400. The fourth-order valence-electron chi connectivity index (χ4n) is 3.17. The first kappa shape index (κ1) is 19.1. The van der Waals surface area contributed by atoms with E-state index >= 15 is 0 Å². The van der Waals surface area contributed by atoms with E-state index in [9.17, 15) is 4.39 Å². The number of halogens is 1. The van der Waals surface area contributed by atoms with Gasteiger partial charge in [0.15, 0.2) is 0 Å². The Morgan fingerprint density at radius 3 is 2.89 bits per heavy atom. The number of nitrogens with zero attached hydrogens (tertiary/aromatic N) is 2. The highest BCUT2D eigenvalue weighted by Gasteiger charge is 2.37. The van der Waals surface area contributed by atoms with Gasteiger partial charge in [-0.1, -0.05) is 13.0 Å². The molecule has 27 heavy (non-hydrogen) atoms. The van der Waals surface area contributed by atoms with E-state index in [1.54, 1.807) is 18.2 Å². The lowest BCUT2D eigenvalue weighted by molar-refractivity contribution is -0.0447. The van der Waals surface area contributed by atoms with E-state index in [0.29, 0.717) is 23.5 Å². The van der Waals surface area contributed by atoms with E-state index in [1.165, 1.54) is 13.3 Å². The smallest absolute Gasteiger partial charge is 0.282 e. The summed E-state index contributed by atoms with van der Waals surface area (Å²) >= 11 is 0. The number of nitrogens with two attached hydrogens (primary N) is 1. The zero-order valence-electron chi connectivity index (χ0n) is 15.7. The summed E-state index contributed by atoms with van der Waals surface area (Å²) in [6, 6.07) is 8.48. The molecule has 3 rings (SSSR count). The fourth-order valence-corrected chi connectivity index (χ4v) is 3.17. The Morgan fingerprint density at radius 1 is 1.37 bits per heavy atom. The van der Waals surface area contributed by atoms with Crippen molar-refractivity contribution in [2.45, 2.75) is 38.5 Å². The molecule has 1 aliphatic heterocycles. The number of aliphatic imine (C=N–C) groups is 1. The summed E-state index contributed by atoms with van der Waals surface area (Å²) in [5, 5.41) is 0. The minimum atomic E-state index is -0.530. The van der Waals surface area contributed by atoms with Gasteiger partial charge in [0.2, 0.25) is 5.95 Å². The van der Waals surface area contributed by atoms with Crippen molar-refractivity contribution < 1.29 is 18.6 Å². The van der Waals surface area contributed by atoms with Gasteiger partial charge in [0.25, 0.3) is 6.02 Å². The predicted molar refractivity (Wildman–Crippen MR) is 101 cm³/mol. The van der Waals surface area contributed by atoms with Crippen molar-refractivity contribution in [3.05, 3.63) is 48.0 Å². The summed E-state index contributed by atoms with van der Waals surface area (Å²) in [5.41, 5.74) is 7.70. The molecule has 0 fully saturated rings. The van der Waals surface area contributed by atoms with E-state index in [-0.39, 0.29) is 18.2 Å². The quantitative estimate of drug-likeness (QED) is 0.493. The van der Waals surface area contributed by atoms with E-state index in [0.717, 1.165) is 12.0 Å². The number of hydrogen-bond acceptors (Lipinski definition) is 5. The van der Waals surface area contributed by atoms with Gasteiger partial charge in [-0.3, -0.25) is 0 Å². The highest BCUT2D eigenvalue weighted by molar-refractivity contribution is 5.72. The van der Waals surface area contributed by atoms with Gasteiger partial charge < -0.3 is 19.9 Å². The molecule has 2 heterocycles. The van der Waals surface area contributed by atoms with E-state index in [4.69, 9.17) is 19.9 Å². The molecule has 6 nitrogen and oxygen atoms in total. The van der Waals surface area contributed by atoms with Crippen LogP contribution in [0.2, 0.25) is 0 Å². The molecule has 2 aromatic rings. The first-order chi connectivity index (χ1) is 13.0. The Balaban J connectivity index is 2.08. The lowest BCUT2D eigenvalue weighted by Crippen LogP contribution is -2.41. The van der Waals surface area contributed by atoms with Crippen molar-refractivity contribution >= 4 is 6.02 Å². The summed E-state index contributed by atoms with van der Waals surface area (Å²) in [7, 11) is 1.46. The Labute approximate surface area is 158 Å². The molecule has 7 heteroatoms. The lowest BCUT2D eigenvalue weighted by atomic mass is 9.91. The summed E-state index contributed by atoms with van der Waals surface area (Å²) in [5.74, 6) is 0.141. The molecule has 1 aromatic heterocycles. The van der Waals surface area contributed by atoms with Crippen molar-refractivity contribution in [2.24, 2.45) is 10.7 Å². The third-order valence-corrected chi connectivity index (χ3v) is 4.48. The number of ether oxygens (including phenoxy) is 3.